The zero-order valence-electron chi connectivity index (χ0n) is 13.2. The molecule has 0 aromatic heterocycles. The molecule has 0 bridgehead atoms. The molecule has 0 N–H and O–H groups in total. The van der Waals surface area contributed by atoms with Gasteiger partial charge in [-0.1, -0.05) is 17.7 Å². The average molecular weight is 322 g/mol. The molecule has 0 saturated carbocycles. The van der Waals surface area contributed by atoms with Crippen molar-refractivity contribution >= 4 is 15.9 Å². The van der Waals surface area contributed by atoms with Crippen LogP contribution in [0, 0.1) is 13.8 Å². The molecular formula is C16H22N2O3S. The number of piperazine rings is 1. The maximum absolute atomic E-state index is 13.0. The van der Waals surface area contributed by atoms with Gasteiger partial charge in [-0.05, 0) is 45.2 Å². The first-order valence-corrected chi connectivity index (χ1v) is 9.16. The van der Waals surface area contributed by atoms with Gasteiger partial charge in [0.15, 0.2) is 0 Å². The Bertz CT molecular complexity index is 714. The SMILES string of the molecule is Cc1ccc(S(=O)(=O)N2C[C@@H]3CCCN3C(=O)[C@H]2C)c(C)c1. The van der Waals surface area contributed by atoms with E-state index >= 15 is 0 Å². The van der Waals surface area contributed by atoms with Crippen LogP contribution in [0.1, 0.15) is 30.9 Å². The number of fused-ring (bicyclic) bond motifs is 1. The van der Waals surface area contributed by atoms with E-state index in [2.05, 4.69) is 0 Å². The molecule has 1 amide bonds. The van der Waals surface area contributed by atoms with Crippen LogP contribution < -0.4 is 0 Å². The van der Waals surface area contributed by atoms with Gasteiger partial charge >= 0.3 is 0 Å². The van der Waals surface area contributed by atoms with E-state index in [9.17, 15) is 13.2 Å². The van der Waals surface area contributed by atoms with E-state index in [1.54, 1.807) is 26.0 Å². The normalized spacial score (nSPS) is 26.3. The third-order valence-electron chi connectivity index (χ3n) is 4.76. The molecule has 5 nitrogen and oxygen atoms in total. The van der Waals surface area contributed by atoms with Crippen molar-refractivity contribution in [3.8, 4) is 0 Å². The van der Waals surface area contributed by atoms with Crippen LogP contribution in [0.2, 0.25) is 0 Å². The second kappa shape index (κ2) is 5.35. The van der Waals surface area contributed by atoms with Crippen molar-refractivity contribution < 1.29 is 13.2 Å². The lowest BCUT2D eigenvalue weighted by Crippen LogP contribution is -2.59. The molecule has 22 heavy (non-hydrogen) atoms. The third kappa shape index (κ3) is 2.34. The second-order valence-electron chi connectivity index (χ2n) is 6.35. The Hall–Kier alpha value is -1.40. The predicted octanol–water partition coefficient (Wildman–Crippen LogP) is 1.69. The van der Waals surface area contributed by atoms with E-state index in [1.165, 1.54) is 4.31 Å². The minimum Gasteiger partial charge on any atom is -0.337 e. The summed E-state index contributed by atoms with van der Waals surface area (Å²) in [6.07, 6.45) is 1.85. The van der Waals surface area contributed by atoms with Gasteiger partial charge in [0.05, 0.1) is 4.90 Å². The number of carbonyl (C=O) groups is 1. The Kier molecular flexibility index (Phi) is 3.77. The number of amides is 1. The lowest BCUT2D eigenvalue weighted by molar-refractivity contribution is -0.139. The number of nitrogens with zero attached hydrogens (tertiary/aromatic N) is 2. The van der Waals surface area contributed by atoms with E-state index in [0.29, 0.717) is 11.4 Å². The minimum absolute atomic E-state index is 0.0317. The summed E-state index contributed by atoms with van der Waals surface area (Å²) in [6, 6.07) is 4.73. The van der Waals surface area contributed by atoms with Crippen molar-refractivity contribution in [2.75, 3.05) is 13.1 Å². The van der Waals surface area contributed by atoms with Crippen LogP contribution in [0.5, 0.6) is 0 Å². The molecule has 2 fully saturated rings. The highest BCUT2D eigenvalue weighted by molar-refractivity contribution is 7.89. The molecule has 3 rings (SSSR count). The zero-order chi connectivity index (χ0) is 16.1. The van der Waals surface area contributed by atoms with Gasteiger partial charge in [-0.25, -0.2) is 8.42 Å². The van der Waals surface area contributed by atoms with E-state index in [1.807, 2.05) is 17.9 Å². The highest BCUT2D eigenvalue weighted by Crippen LogP contribution is 2.31. The van der Waals surface area contributed by atoms with Gasteiger partial charge < -0.3 is 4.90 Å². The maximum atomic E-state index is 13.0. The molecule has 2 heterocycles. The summed E-state index contributed by atoms with van der Waals surface area (Å²) in [7, 11) is -3.64. The van der Waals surface area contributed by atoms with E-state index < -0.39 is 16.1 Å². The van der Waals surface area contributed by atoms with Gasteiger partial charge in [-0.3, -0.25) is 4.79 Å². The van der Waals surface area contributed by atoms with Crippen molar-refractivity contribution in [2.45, 2.75) is 50.6 Å². The van der Waals surface area contributed by atoms with E-state index in [0.717, 1.165) is 30.5 Å². The highest BCUT2D eigenvalue weighted by Gasteiger charge is 2.45. The van der Waals surface area contributed by atoms with Gasteiger partial charge in [-0.15, -0.1) is 0 Å². The Morgan fingerprint density at radius 3 is 2.64 bits per heavy atom. The Balaban J connectivity index is 1.99. The van der Waals surface area contributed by atoms with Gasteiger partial charge in [0.25, 0.3) is 0 Å². The smallest absolute Gasteiger partial charge is 0.244 e. The number of rotatable bonds is 2. The topological polar surface area (TPSA) is 57.7 Å². The monoisotopic (exact) mass is 322 g/mol. The first-order chi connectivity index (χ1) is 10.3. The van der Waals surface area contributed by atoms with Crippen molar-refractivity contribution in [1.82, 2.24) is 9.21 Å². The molecule has 2 saturated heterocycles. The molecule has 0 radical (unpaired) electrons. The molecule has 0 aliphatic carbocycles. The van der Waals surface area contributed by atoms with Crippen molar-refractivity contribution in [3.63, 3.8) is 0 Å². The molecule has 120 valence electrons. The molecule has 1 aromatic rings. The van der Waals surface area contributed by atoms with Crippen molar-refractivity contribution in [1.29, 1.82) is 0 Å². The summed E-state index contributed by atoms with van der Waals surface area (Å²) < 4.78 is 27.4. The van der Waals surface area contributed by atoms with Crippen molar-refractivity contribution in [3.05, 3.63) is 29.3 Å². The van der Waals surface area contributed by atoms with Crippen LogP contribution in [0.15, 0.2) is 23.1 Å². The summed E-state index contributed by atoms with van der Waals surface area (Å²) in [5.74, 6) is -0.0675. The van der Waals surface area contributed by atoms with Gasteiger partial charge in [0.1, 0.15) is 6.04 Å². The zero-order valence-corrected chi connectivity index (χ0v) is 14.1. The van der Waals surface area contributed by atoms with Crippen molar-refractivity contribution in [2.24, 2.45) is 0 Å². The van der Waals surface area contributed by atoms with Crippen LogP contribution in [0.25, 0.3) is 0 Å². The van der Waals surface area contributed by atoms with Crippen LogP contribution in [-0.2, 0) is 14.8 Å². The lowest BCUT2D eigenvalue weighted by Gasteiger charge is -2.40. The number of hydrogen-bond donors (Lipinski definition) is 0. The Labute approximate surface area is 132 Å². The molecule has 0 unspecified atom stereocenters. The largest absolute Gasteiger partial charge is 0.337 e. The average Bonchev–Trinajstić information content (AvgIpc) is 2.90. The molecule has 0 spiro atoms. The standard InChI is InChI=1S/C16H22N2O3S/c1-11-6-7-15(12(2)9-11)22(20,21)18-10-14-5-4-8-17(14)16(19)13(18)3/h6-7,9,13-14H,4-5,8,10H2,1-3H3/t13-,14+/m1/s1. The van der Waals surface area contributed by atoms with Crippen LogP contribution in [-0.4, -0.2) is 48.7 Å². The fraction of sp³-hybridized carbons (Fsp3) is 0.562. The Morgan fingerprint density at radius 1 is 1.23 bits per heavy atom. The fourth-order valence-corrected chi connectivity index (χ4v) is 5.40. The lowest BCUT2D eigenvalue weighted by atomic mass is 10.1. The van der Waals surface area contributed by atoms with Gasteiger partial charge in [-0.2, -0.15) is 4.31 Å². The fourth-order valence-electron chi connectivity index (χ4n) is 3.57. The summed E-state index contributed by atoms with van der Waals surface area (Å²) in [4.78, 5) is 14.6. The van der Waals surface area contributed by atoms with Crippen LogP contribution >= 0.6 is 0 Å². The van der Waals surface area contributed by atoms with Gasteiger partial charge in [0, 0.05) is 19.1 Å². The third-order valence-corrected chi connectivity index (χ3v) is 6.85. The quantitative estimate of drug-likeness (QED) is 0.832. The number of carbonyl (C=O) groups excluding carboxylic acids is 1. The molecule has 6 heteroatoms. The summed E-state index contributed by atoms with van der Waals surface area (Å²) in [6.45, 7) is 6.59. The number of hydrogen-bond acceptors (Lipinski definition) is 3. The first kappa shape index (κ1) is 15.5. The minimum atomic E-state index is -3.64. The summed E-state index contributed by atoms with van der Waals surface area (Å²) in [5, 5.41) is 0. The van der Waals surface area contributed by atoms with Crippen LogP contribution in [0.3, 0.4) is 0 Å². The molecule has 2 aliphatic heterocycles. The Morgan fingerprint density at radius 2 is 1.95 bits per heavy atom. The number of aryl methyl sites for hydroxylation is 2. The second-order valence-corrected chi connectivity index (χ2v) is 8.21. The first-order valence-electron chi connectivity index (χ1n) is 7.72. The maximum Gasteiger partial charge on any atom is 0.244 e. The molecular weight excluding hydrogens is 300 g/mol. The number of sulfonamides is 1. The molecule has 2 aliphatic rings. The molecule has 1 aromatic carbocycles. The van der Waals surface area contributed by atoms with E-state index in [4.69, 9.17) is 0 Å². The molecule has 2 atom stereocenters. The summed E-state index contributed by atoms with van der Waals surface area (Å²) in [5.41, 5.74) is 1.76. The predicted molar refractivity (Wildman–Crippen MR) is 84.0 cm³/mol. The highest BCUT2D eigenvalue weighted by atomic mass is 32.2. The number of benzene rings is 1. The van der Waals surface area contributed by atoms with Gasteiger partial charge in [0.2, 0.25) is 15.9 Å². The van der Waals surface area contributed by atoms with Crippen LogP contribution in [0.4, 0.5) is 0 Å². The van der Waals surface area contributed by atoms with E-state index in [-0.39, 0.29) is 11.9 Å². The summed E-state index contributed by atoms with van der Waals surface area (Å²) >= 11 is 0.